The van der Waals surface area contributed by atoms with Crippen molar-refractivity contribution in [2.75, 3.05) is 0 Å². The van der Waals surface area contributed by atoms with Gasteiger partial charge in [0.1, 0.15) is 0 Å². The van der Waals surface area contributed by atoms with Gasteiger partial charge in [-0.05, 0) is 30.9 Å². The fourth-order valence-corrected chi connectivity index (χ4v) is 1.95. The van der Waals surface area contributed by atoms with E-state index >= 15 is 0 Å². The molecular formula is C15H20N2. The van der Waals surface area contributed by atoms with E-state index in [1.165, 1.54) is 5.39 Å². The Bertz CT molecular complexity index is 491. The third-order valence-corrected chi connectivity index (χ3v) is 3.05. The minimum atomic E-state index is 0.0574. The van der Waals surface area contributed by atoms with Gasteiger partial charge in [0, 0.05) is 11.4 Å². The van der Waals surface area contributed by atoms with E-state index in [1.54, 1.807) is 0 Å². The first kappa shape index (κ1) is 12.1. The summed E-state index contributed by atoms with van der Waals surface area (Å²) in [5, 5.41) is 1.17. The highest BCUT2D eigenvalue weighted by atomic mass is 14.8. The van der Waals surface area contributed by atoms with Crippen molar-refractivity contribution in [3.8, 4) is 0 Å². The van der Waals surface area contributed by atoms with E-state index in [0.717, 1.165) is 24.1 Å². The van der Waals surface area contributed by atoms with Crippen LogP contribution in [-0.4, -0.2) is 4.98 Å². The largest absolute Gasteiger partial charge is 0.323 e. The van der Waals surface area contributed by atoms with Crippen LogP contribution in [0.1, 0.15) is 38.4 Å². The number of nitrogens with two attached hydrogens (primary N) is 1. The van der Waals surface area contributed by atoms with E-state index in [-0.39, 0.29) is 6.04 Å². The van der Waals surface area contributed by atoms with Gasteiger partial charge in [0.15, 0.2) is 0 Å². The molecule has 1 aromatic carbocycles. The molecule has 2 heteroatoms. The molecule has 0 fully saturated rings. The maximum absolute atomic E-state index is 6.17. The standard InChI is InChI=1S/C15H20N2/c1-11(2)7-9-13(16)15-10-8-12-5-3-4-6-14(12)17-15/h3-6,8,10-11,13H,7,9,16H2,1-2H3/t13-/m0/s1. The van der Waals surface area contributed by atoms with Gasteiger partial charge >= 0.3 is 0 Å². The lowest BCUT2D eigenvalue weighted by molar-refractivity contribution is 0.502. The minimum absolute atomic E-state index is 0.0574. The maximum atomic E-state index is 6.17. The van der Waals surface area contributed by atoms with Crippen LogP contribution in [0.2, 0.25) is 0 Å². The molecular weight excluding hydrogens is 208 g/mol. The molecule has 0 amide bonds. The van der Waals surface area contributed by atoms with Gasteiger partial charge in [-0.25, -0.2) is 0 Å². The van der Waals surface area contributed by atoms with Crippen LogP contribution in [0.25, 0.3) is 10.9 Å². The molecule has 0 radical (unpaired) electrons. The molecule has 2 rings (SSSR count). The van der Waals surface area contributed by atoms with Gasteiger partial charge in [0.05, 0.1) is 11.2 Å². The first-order valence-corrected chi connectivity index (χ1v) is 6.28. The van der Waals surface area contributed by atoms with Crippen LogP contribution in [0.4, 0.5) is 0 Å². The lowest BCUT2D eigenvalue weighted by Gasteiger charge is -2.13. The van der Waals surface area contributed by atoms with E-state index in [4.69, 9.17) is 5.73 Å². The Hall–Kier alpha value is -1.41. The Morgan fingerprint density at radius 3 is 2.59 bits per heavy atom. The molecule has 2 nitrogen and oxygen atoms in total. The number of nitrogens with zero attached hydrogens (tertiary/aromatic N) is 1. The maximum Gasteiger partial charge on any atom is 0.0706 e. The van der Waals surface area contributed by atoms with E-state index in [1.807, 2.05) is 24.3 Å². The van der Waals surface area contributed by atoms with Crippen molar-refractivity contribution < 1.29 is 0 Å². The molecule has 0 unspecified atom stereocenters. The molecule has 1 heterocycles. The SMILES string of the molecule is CC(C)CC[C@H](N)c1ccc2ccccc2n1. The minimum Gasteiger partial charge on any atom is -0.323 e. The summed E-state index contributed by atoms with van der Waals surface area (Å²) in [7, 11) is 0. The first-order valence-electron chi connectivity index (χ1n) is 6.28. The van der Waals surface area contributed by atoms with Crippen molar-refractivity contribution in [1.82, 2.24) is 4.98 Å². The highest BCUT2D eigenvalue weighted by Crippen LogP contribution is 2.19. The van der Waals surface area contributed by atoms with E-state index in [2.05, 4.69) is 31.0 Å². The zero-order valence-corrected chi connectivity index (χ0v) is 10.6. The van der Waals surface area contributed by atoms with Crippen molar-refractivity contribution in [1.29, 1.82) is 0 Å². The summed E-state index contributed by atoms with van der Waals surface area (Å²) in [6.07, 6.45) is 2.15. The molecule has 0 aliphatic heterocycles. The van der Waals surface area contributed by atoms with Gasteiger partial charge in [-0.15, -0.1) is 0 Å². The number of aromatic nitrogens is 1. The molecule has 1 aromatic heterocycles. The molecule has 0 aliphatic rings. The van der Waals surface area contributed by atoms with Crippen LogP contribution in [0.5, 0.6) is 0 Å². The van der Waals surface area contributed by atoms with Crippen molar-refractivity contribution in [2.24, 2.45) is 11.7 Å². The van der Waals surface area contributed by atoms with Gasteiger partial charge in [-0.1, -0.05) is 38.1 Å². The molecule has 0 bridgehead atoms. The van der Waals surface area contributed by atoms with Gasteiger partial charge in [-0.2, -0.15) is 0 Å². The topological polar surface area (TPSA) is 38.9 Å². The van der Waals surface area contributed by atoms with Gasteiger partial charge in [0.2, 0.25) is 0 Å². The number of para-hydroxylation sites is 1. The highest BCUT2D eigenvalue weighted by Gasteiger charge is 2.08. The van der Waals surface area contributed by atoms with E-state index < -0.39 is 0 Å². The van der Waals surface area contributed by atoms with Crippen molar-refractivity contribution in [2.45, 2.75) is 32.7 Å². The number of rotatable bonds is 4. The van der Waals surface area contributed by atoms with Crippen LogP contribution in [0, 0.1) is 5.92 Å². The second kappa shape index (κ2) is 5.28. The number of fused-ring (bicyclic) bond motifs is 1. The second-order valence-corrected chi connectivity index (χ2v) is 5.01. The third-order valence-electron chi connectivity index (χ3n) is 3.05. The van der Waals surface area contributed by atoms with Gasteiger partial charge in [0.25, 0.3) is 0 Å². The molecule has 90 valence electrons. The van der Waals surface area contributed by atoms with Crippen LogP contribution < -0.4 is 5.73 Å². The summed E-state index contributed by atoms with van der Waals surface area (Å²) in [5.41, 5.74) is 8.21. The zero-order chi connectivity index (χ0) is 12.3. The van der Waals surface area contributed by atoms with Crippen LogP contribution >= 0.6 is 0 Å². The number of benzene rings is 1. The first-order chi connectivity index (χ1) is 8.16. The average molecular weight is 228 g/mol. The fourth-order valence-electron chi connectivity index (χ4n) is 1.95. The monoisotopic (exact) mass is 228 g/mol. The molecule has 0 saturated carbocycles. The summed E-state index contributed by atoms with van der Waals surface area (Å²) in [6.45, 7) is 4.45. The third kappa shape index (κ3) is 3.04. The van der Waals surface area contributed by atoms with Crippen LogP contribution in [0.3, 0.4) is 0 Å². The Morgan fingerprint density at radius 1 is 1.06 bits per heavy atom. The number of hydrogen-bond donors (Lipinski definition) is 1. The Balaban J connectivity index is 2.18. The molecule has 17 heavy (non-hydrogen) atoms. The summed E-state index contributed by atoms with van der Waals surface area (Å²) in [6, 6.07) is 12.4. The molecule has 2 N–H and O–H groups in total. The average Bonchev–Trinajstić information content (AvgIpc) is 2.35. The van der Waals surface area contributed by atoms with E-state index in [9.17, 15) is 0 Å². The molecule has 1 atom stereocenters. The normalized spacial score (nSPS) is 13.2. The summed E-state index contributed by atoms with van der Waals surface area (Å²) >= 11 is 0. The number of hydrogen-bond acceptors (Lipinski definition) is 2. The number of pyridine rings is 1. The molecule has 0 aliphatic carbocycles. The summed E-state index contributed by atoms with van der Waals surface area (Å²) in [4.78, 5) is 4.63. The summed E-state index contributed by atoms with van der Waals surface area (Å²) in [5.74, 6) is 0.696. The Kier molecular flexibility index (Phi) is 3.75. The lowest BCUT2D eigenvalue weighted by Crippen LogP contribution is -2.12. The van der Waals surface area contributed by atoms with Crippen molar-refractivity contribution in [3.05, 3.63) is 42.1 Å². The fraction of sp³-hybridized carbons (Fsp3) is 0.400. The molecule has 2 aromatic rings. The quantitative estimate of drug-likeness (QED) is 0.867. The van der Waals surface area contributed by atoms with Gasteiger partial charge < -0.3 is 5.73 Å². The molecule has 0 saturated heterocycles. The Labute approximate surface area is 103 Å². The van der Waals surface area contributed by atoms with Crippen LogP contribution in [-0.2, 0) is 0 Å². The van der Waals surface area contributed by atoms with Crippen LogP contribution in [0.15, 0.2) is 36.4 Å². The van der Waals surface area contributed by atoms with Crippen molar-refractivity contribution >= 4 is 10.9 Å². The summed E-state index contributed by atoms with van der Waals surface area (Å²) < 4.78 is 0. The Morgan fingerprint density at radius 2 is 1.82 bits per heavy atom. The highest BCUT2D eigenvalue weighted by molar-refractivity contribution is 5.78. The smallest absolute Gasteiger partial charge is 0.0706 e. The van der Waals surface area contributed by atoms with Crippen molar-refractivity contribution in [3.63, 3.8) is 0 Å². The predicted molar refractivity (Wildman–Crippen MR) is 72.7 cm³/mol. The second-order valence-electron chi connectivity index (χ2n) is 5.01. The predicted octanol–water partition coefficient (Wildman–Crippen LogP) is 3.67. The zero-order valence-electron chi connectivity index (χ0n) is 10.6. The van der Waals surface area contributed by atoms with E-state index in [0.29, 0.717) is 5.92 Å². The lowest BCUT2D eigenvalue weighted by atomic mass is 10.0. The van der Waals surface area contributed by atoms with Gasteiger partial charge in [-0.3, -0.25) is 4.98 Å². The molecule has 0 spiro atoms.